The Labute approximate surface area is 174 Å². The predicted molar refractivity (Wildman–Crippen MR) is 103 cm³/mol. The first-order valence-corrected chi connectivity index (χ1v) is 9.19. The van der Waals surface area contributed by atoms with Crippen molar-refractivity contribution in [2.75, 3.05) is 18.5 Å². The average molecular weight is 441 g/mol. The first-order chi connectivity index (χ1) is 14.0. The van der Waals surface area contributed by atoms with E-state index in [1.165, 1.54) is 18.2 Å². The molecule has 1 N–H and O–H groups in total. The van der Waals surface area contributed by atoms with Crippen LogP contribution in [0.25, 0.3) is 0 Å². The summed E-state index contributed by atoms with van der Waals surface area (Å²) in [5.41, 5.74) is 1.32. The summed E-state index contributed by atoms with van der Waals surface area (Å²) in [4.78, 5) is 38.1. The van der Waals surface area contributed by atoms with Crippen molar-refractivity contribution in [3.8, 4) is 5.75 Å². The fourth-order valence-corrected chi connectivity index (χ4v) is 3.09. The zero-order chi connectivity index (χ0) is 22.1. The predicted octanol–water partition coefficient (Wildman–Crippen LogP) is 4.21. The number of carbonyl (C=O) groups excluding carboxylic acids is 3. The molecule has 0 aromatic heterocycles. The molecule has 0 unspecified atom stereocenters. The highest BCUT2D eigenvalue weighted by atomic mass is 35.5. The lowest BCUT2D eigenvalue weighted by atomic mass is 10.1. The van der Waals surface area contributed by atoms with E-state index in [1.54, 1.807) is 25.1 Å². The molecule has 6 nitrogen and oxygen atoms in total. The minimum absolute atomic E-state index is 0.0465. The molecule has 1 aliphatic heterocycles. The summed E-state index contributed by atoms with van der Waals surface area (Å²) in [6.45, 7) is 0.0695. The van der Waals surface area contributed by atoms with Gasteiger partial charge in [0.25, 0.3) is 11.8 Å². The Morgan fingerprint density at radius 3 is 2.50 bits per heavy atom. The maximum absolute atomic E-state index is 12.4. The fraction of sp³-hybridized carbons (Fsp3) is 0.250. The lowest BCUT2D eigenvalue weighted by Gasteiger charge is -2.16. The summed E-state index contributed by atoms with van der Waals surface area (Å²) >= 11 is 5.85. The molecule has 10 heteroatoms. The number of alkyl halides is 3. The number of anilines is 1. The average Bonchev–Trinajstić information content (AvgIpc) is 2.88. The highest BCUT2D eigenvalue weighted by molar-refractivity contribution is 6.31. The molecule has 0 bridgehead atoms. The van der Waals surface area contributed by atoms with E-state index in [9.17, 15) is 27.6 Å². The van der Waals surface area contributed by atoms with Crippen molar-refractivity contribution in [2.45, 2.75) is 19.5 Å². The quantitative estimate of drug-likeness (QED) is 0.683. The fourth-order valence-electron chi connectivity index (χ4n) is 2.92. The molecule has 0 saturated carbocycles. The molecule has 0 saturated heterocycles. The monoisotopic (exact) mass is 440 g/mol. The van der Waals surface area contributed by atoms with Gasteiger partial charge in [-0.1, -0.05) is 23.2 Å². The van der Waals surface area contributed by atoms with Crippen LogP contribution in [0.15, 0.2) is 36.4 Å². The highest BCUT2D eigenvalue weighted by Crippen LogP contribution is 2.30. The number of benzene rings is 2. The largest absolute Gasteiger partial charge is 0.482 e. The summed E-state index contributed by atoms with van der Waals surface area (Å²) in [6.07, 6.45) is -4.81. The summed E-state index contributed by atoms with van der Waals surface area (Å²) in [6, 6.07) is 8.64. The number of nitrogens with one attached hydrogen (secondary N) is 1. The Morgan fingerprint density at radius 2 is 1.80 bits per heavy atom. The van der Waals surface area contributed by atoms with Gasteiger partial charge < -0.3 is 10.1 Å². The number of nitrogens with zero attached hydrogens (tertiary/aromatic N) is 1. The second kappa shape index (κ2) is 8.35. The number of imide groups is 1. The molecule has 0 fully saturated rings. The summed E-state index contributed by atoms with van der Waals surface area (Å²) in [5.74, 6) is -1.83. The molecule has 2 aromatic rings. The third-order valence-corrected chi connectivity index (χ3v) is 4.53. The second-order valence-corrected chi connectivity index (χ2v) is 7.09. The topological polar surface area (TPSA) is 75.7 Å². The van der Waals surface area contributed by atoms with E-state index in [0.717, 1.165) is 10.5 Å². The van der Waals surface area contributed by atoms with Crippen LogP contribution in [0.1, 0.15) is 32.7 Å². The molecule has 0 atom stereocenters. The van der Waals surface area contributed by atoms with Gasteiger partial charge in [0.2, 0.25) is 5.91 Å². The van der Waals surface area contributed by atoms with Gasteiger partial charge >= 0.3 is 6.18 Å². The van der Waals surface area contributed by atoms with E-state index in [2.05, 4.69) is 5.32 Å². The smallest absolute Gasteiger partial charge is 0.422 e. The Balaban J connectivity index is 1.65. The maximum atomic E-state index is 12.4. The van der Waals surface area contributed by atoms with Gasteiger partial charge in [-0.3, -0.25) is 19.3 Å². The van der Waals surface area contributed by atoms with Crippen molar-refractivity contribution in [2.24, 2.45) is 0 Å². The standard InChI is InChI=1S/C20H16ClF3N2O4/c1-11-2-4-13-14(8-11)19(29)26(18(13)28)7-6-17(27)25-15-9-12(21)3-5-16(15)30-10-20(22,23)24/h2-5,8-9H,6-7,10H2,1H3,(H,25,27). The van der Waals surface area contributed by atoms with Gasteiger partial charge in [0, 0.05) is 18.0 Å². The van der Waals surface area contributed by atoms with Crippen LogP contribution in [0.4, 0.5) is 18.9 Å². The SMILES string of the molecule is Cc1ccc2c(c1)C(=O)N(CCC(=O)Nc1cc(Cl)ccc1OCC(F)(F)F)C2=O. The van der Waals surface area contributed by atoms with Crippen LogP contribution in [0, 0.1) is 6.92 Å². The number of aryl methyl sites for hydroxylation is 1. The van der Waals surface area contributed by atoms with Gasteiger partial charge in [-0.15, -0.1) is 0 Å². The maximum Gasteiger partial charge on any atom is 0.422 e. The lowest BCUT2D eigenvalue weighted by Crippen LogP contribution is -2.33. The normalized spacial score (nSPS) is 13.4. The summed E-state index contributed by atoms with van der Waals surface area (Å²) in [7, 11) is 0. The second-order valence-electron chi connectivity index (χ2n) is 6.65. The number of carbonyl (C=O) groups is 3. The minimum atomic E-state index is -4.55. The molecule has 0 radical (unpaired) electrons. The molecule has 30 heavy (non-hydrogen) atoms. The summed E-state index contributed by atoms with van der Waals surface area (Å²) in [5, 5.41) is 2.59. The molecule has 1 aliphatic rings. The van der Waals surface area contributed by atoms with E-state index >= 15 is 0 Å². The van der Waals surface area contributed by atoms with E-state index in [0.29, 0.717) is 0 Å². The molecule has 0 aliphatic carbocycles. The van der Waals surface area contributed by atoms with Crippen molar-refractivity contribution in [3.05, 3.63) is 58.1 Å². The zero-order valence-electron chi connectivity index (χ0n) is 15.7. The van der Waals surface area contributed by atoms with Gasteiger partial charge in [-0.25, -0.2) is 0 Å². The van der Waals surface area contributed by atoms with Crippen LogP contribution >= 0.6 is 11.6 Å². The van der Waals surface area contributed by atoms with E-state index < -0.39 is 30.5 Å². The van der Waals surface area contributed by atoms with Crippen LogP contribution in [0.3, 0.4) is 0 Å². The van der Waals surface area contributed by atoms with Crippen LogP contribution < -0.4 is 10.1 Å². The van der Waals surface area contributed by atoms with Gasteiger partial charge in [0.1, 0.15) is 5.75 Å². The highest BCUT2D eigenvalue weighted by Gasteiger charge is 2.35. The van der Waals surface area contributed by atoms with Gasteiger partial charge in [0.15, 0.2) is 6.61 Å². The third-order valence-electron chi connectivity index (χ3n) is 4.30. The molecule has 1 heterocycles. The third kappa shape index (κ3) is 4.91. The van der Waals surface area contributed by atoms with Crippen LogP contribution in [-0.4, -0.2) is 41.9 Å². The van der Waals surface area contributed by atoms with Crippen LogP contribution in [-0.2, 0) is 4.79 Å². The number of fused-ring (bicyclic) bond motifs is 1. The van der Waals surface area contributed by atoms with Crippen LogP contribution in [0.5, 0.6) is 5.75 Å². The lowest BCUT2D eigenvalue weighted by molar-refractivity contribution is -0.153. The Kier molecular flexibility index (Phi) is 6.02. The van der Waals surface area contributed by atoms with Crippen molar-refractivity contribution in [1.29, 1.82) is 0 Å². The van der Waals surface area contributed by atoms with E-state index in [4.69, 9.17) is 16.3 Å². The van der Waals surface area contributed by atoms with Gasteiger partial charge in [0.05, 0.1) is 16.8 Å². The molecule has 158 valence electrons. The Hall–Kier alpha value is -3.07. The van der Waals surface area contributed by atoms with Crippen molar-refractivity contribution in [1.82, 2.24) is 4.90 Å². The van der Waals surface area contributed by atoms with Gasteiger partial charge in [-0.05, 0) is 37.3 Å². The first kappa shape index (κ1) is 21.6. The zero-order valence-corrected chi connectivity index (χ0v) is 16.4. The Bertz CT molecular complexity index is 1020. The van der Waals surface area contributed by atoms with E-state index in [1.807, 2.05) is 0 Å². The number of hydrogen-bond acceptors (Lipinski definition) is 4. The van der Waals surface area contributed by atoms with Crippen molar-refractivity contribution < 1.29 is 32.3 Å². The summed E-state index contributed by atoms with van der Waals surface area (Å²) < 4.78 is 41.9. The molecular weight excluding hydrogens is 425 g/mol. The first-order valence-electron chi connectivity index (χ1n) is 8.81. The number of rotatable bonds is 6. The number of amides is 3. The number of hydrogen-bond donors (Lipinski definition) is 1. The van der Waals surface area contributed by atoms with Gasteiger partial charge in [-0.2, -0.15) is 13.2 Å². The molecular formula is C20H16ClF3N2O4. The molecule has 3 amide bonds. The van der Waals surface area contributed by atoms with Crippen molar-refractivity contribution in [3.63, 3.8) is 0 Å². The molecule has 0 spiro atoms. The van der Waals surface area contributed by atoms with Crippen LogP contribution in [0.2, 0.25) is 5.02 Å². The van der Waals surface area contributed by atoms with Crippen molar-refractivity contribution >= 4 is 35.0 Å². The Morgan fingerprint density at radius 1 is 1.10 bits per heavy atom. The number of halogens is 4. The van der Waals surface area contributed by atoms with E-state index in [-0.39, 0.29) is 40.6 Å². The minimum Gasteiger partial charge on any atom is -0.482 e. The molecule has 3 rings (SSSR count). The number of ether oxygens (including phenoxy) is 1. The molecule has 2 aromatic carbocycles.